The summed E-state index contributed by atoms with van der Waals surface area (Å²) in [7, 11) is 0.826. The lowest BCUT2D eigenvalue weighted by Gasteiger charge is -2.34. The Balaban J connectivity index is 4.04. The molecule has 444 valence electrons. The standard InChI is InChI=1S/C46H70N14O20/c1-19(16-61)51-37(42(75)55-29(36(72)25(50)12-14-28(67)68)40(73)57-31(46(79)80-6)34(70)22(4)48)59-44(77)38(52-20(2)17-62)58-41(74)32(35(71)23(5)49)60-15-9-7-8-10-26(64)54-39(53-24(18-63)11-13-27(65)66)43(76)56-30(45(60)78)33(69)21(3)47/h7,9,16-25,29-32,37-39,51-53H,8,10-15,47-50H2,1-6H3,(H,54,64)(H,55,75)(H,56,76)(H,57,73)(H,58,74)(H,59,77)(H,65,66)(H,67,68)/b9-7+/t19-,20-,21-,22-,23-,24+,25-,29-,30-,31-,32-,37+,38+,39+/m0/s1. The number of hydrogen-bond acceptors (Lipinski definition) is 25. The number of aliphatic carboxylic acids is 2. The van der Waals surface area contributed by atoms with E-state index in [0.29, 0.717) is 4.90 Å². The van der Waals surface area contributed by atoms with E-state index < -0.39 is 200 Å². The molecule has 0 radical (unpaired) electrons. The first-order chi connectivity index (χ1) is 37.4. The Morgan fingerprint density at radius 3 is 1.66 bits per heavy atom. The summed E-state index contributed by atoms with van der Waals surface area (Å²) in [5.41, 5.74) is 23.3. The van der Waals surface area contributed by atoms with Crippen molar-refractivity contribution >= 4 is 101 Å². The van der Waals surface area contributed by atoms with Gasteiger partial charge in [-0.15, -0.1) is 0 Å². The highest BCUT2D eigenvalue weighted by molar-refractivity contribution is 6.16. The molecule has 0 aliphatic carbocycles. The van der Waals surface area contributed by atoms with Crippen LogP contribution in [0.2, 0.25) is 0 Å². The van der Waals surface area contributed by atoms with Crippen molar-refractivity contribution in [2.75, 3.05) is 13.7 Å². The van der Waals surface area contributed by atoms with Crippen LogP contribution in [0.25, 0.3) is 0 Å². The number of aldehydes is 3. The second-order valence-electron chi connectivity index (χ2n) is 18.2. The second-order valence-corrected chi connectivity index (χ2v) is 18.2. The van der Waals surface area contributed by atoms with Gasteiger partial charge in [-0.2, -0.15) is 0 Å². The SMILES string of the molecule is COC(=O)[C@@H](NC(=O)[C@@H](NC(=O)[C@@H](NC(=O)[C@@H](NC(=O)[C@H](C(=O)[C@H](C)N)N1C/C=C/CCC(=O)N[C@@H](N[C@@H](C=O)CCC(=O)O)C(=O)N[C@@H](C(=O)[C@H](C)N)C1=O)N[C@@H](C)C=O)N[C@@H](C)C=O)C(=O)[C@@H](N)CCC(=O)O)C(=O)[C@H](C)N. The van der Waals surface area contributed by atoms with E-state index in [2.05, 4.69) is 42.0 Å². The first-order valence-electron chi connectivity index (χ1n) is 24.5. The highest BCUT2D eigenvalue weighted by atomic mass is 16.5. The molecular formula is C46H70N14O20. The summed E-state index contributed by atoms with van der Waals surface area (Å²) in [4.78, 5) is 224. The van der Waals surface area contributed by atoms with E-state index in [0.717, 1.165) is 41.7 Å². The fourth-order valence-electron chi connectivity index (χ4n) is 6.92. The van der Waals surface area contributed by atoms with Crippen LogP contribution < -0.4 is 70.8 Å². The van der Waals surface area contributed by atoms with Crippen LogP contribution >= 0.6 is 0 Å². The largest absolute Gasteiger partial charge is 0.481 e. The number of amides is 7. The molecule has 1 aliphatic rings. The van der Waals surface area contributed by atoms with Gasteiger partial charge >= 0.3 is 17.9 Å². The number of nitrogens with two attached hydrogens (primary N) is 4. The van der Waals surface area contributed by atoms with Crippen molar-refractivity contribution < 1.29 is 96.5 Å². The number of allylic oxidation sites excluding steroid dienone is 1. The van der Waals surface area contributed by atoms with E-state index in [9.17, 15) is 86.6 Å². The normalized spacial score (nSPS) is 19.9. The molecule has 0 saturated heterocycles. The van der Waals surface area contributed by atoms with Gasteiger partial charge in [0.15, 0.2) is 65.8 Å². The summed E-state index contributed by atoms with van der Waals surface area (Å²) >= 11 is 0. The molecule has 0 fully saturated rings. The van der Waals surface area contributed by atoms with Crippen molar-refractivity contribution in [2.45, 2.75) is 158 Å². The van der Waals surface area contributed by atoms with Gasteiger partial charge in [0.25, 0.3) is 35.4 Å². The number of carboxylic acids is 2. The van der Waals surface area contributed by atoms with E-state index in [1.807, 2.05) is 10.6 Å². The number of carbonyl (C=O) groups excluding carboxylic acids is 15. The summed E-state index contributed by atoms with van der Waals surface area (Å²) in [5.74, 6) is -19.4. The molecule has 7 amide bonds. The zero-order chi connectivity index (χ0) is 61.3. The molecule has 0 unspecified atom stereocenters. The van der Waals surface area contributed by atoms with Gasteiger partial charge in [0.1, 0.15) is 18.9 Å². The Bertz CT molecular complexity index is 2380. The van der Waals surface area contributed by atoms with Crippen molar-refractivity contribution in [3.05, 3.63) is 12.2 Å². The van der Waals surface area contributed by atoms with Gasteiger partial charge in [-0.3, -0.25) is 78.3 Å². The van der Waals surface area contributed by atoms with Crippen molar-refractivity contribution in [2.24, 2.45) is 22.9 Å². The number of hydrogen-bond donors (Lipinski definition) is 15. The predicted octanol–water partition coefficient (Wildman–Crippen LogP) is -9.63. The molecule has 19 N–H and O–H groups in total. The smallest absolute Gasteiger partial charge is 0.336 e. The number of Topliss-reactive ketones (excluding diaryl/α,β-unsaturated/α-hetero) is 4. The maximum absolute atomic E-state index is 14.7. The fourth-order valence-corrected chi connectivity index (χ4v) is 6.92. The highest BCUT2D eigenvalue weighted by Crippen LogP contribution is 2.13. The highest BCUT2D eigenvalue weighted by Gasteiger charge is 2.45. The number of carbonyl (C=O) groups is 17. The van der Waals surface area contributed by atoms with Crippen LogP contribution in [0, 0.1) is 0 Å². The first kappa shape index (κ1) is 69.9. The molecule has 1 heterocycles. The van der Waals surface area contributed by atoms with E-state index in [-0.39, 0.29) is 31.7 Å². The van der Waals surface area contributed by atoms with Crippen LogP contribution in [0.1, 0.15) is 73.1 Å². The van der Waals surface area contributed by atoms with Gasteiger partial charge in [-0.1, -0.05) is 12.2 Å². The van der Waals surface area contributed by atoms with Gasteiger partial charge in [-0.05, 0) is 53.9 Å². The Morgan fingerprint density at radius 2 is 1.18 bits per heavy atom. The van der Waals surface area contributed by atoms with Gasteiger partial charge < -0.3 is 89.1 Å². The number of esters is 1. The Labute approximate surface area is 456 Å². The Morgan fingerprint density at radius 1 is 0.662 bits per heavy atom. The molecule has 14 atom stereocenters. The molecule has 0 aromatic heterocycles. The average molecular weight is 1140 g/mol. The minimum atomic E-state index is -2.53. The first-order valence-corrected chi connectivity index (χ1v) is 24.5. The molecule has 0 saturated carbocycles. The van der Waals surface area contributed by atoms with Crippen LogP contribution in [0.15, 0.2) is 12.2 Å². The van der Waals surface area contributed by atoms with E-state index in [1.165, 1.54) is 12.2 Å². The summed E-state index contributed by atoms with van der Waals surface area (Å²) in [5, 5.41) is 37.9. The van der Waals surface area contributed by atoms with E-state index in [1.54, 1.807) is 0 Å². The van der Waals surface area contributed by atoms with E-state index in [4.69, 9.17) is 28.0 Å². The number of carboxylic acid groups (broad SMARTS) is 2. The lowest BCUT2D eigenvalue weighted by molar-refractivity contribution is -0.151. The van der Waals surface area contributed by atoms with Crippen LogP contribution in [0.3, 0.4) is 0 Å². The summed E-state index contributed by atoms with van der Waals surface area (Å²) in [6, 6.07) is -20.4. The van der Waals surface area contributed by atoms with Gasteiger partial charge in [0.2, 0.25) is 5.91 Å². The van der Waals surface area contributed by atoms with Crippen molar-refractivity contribution in [3.63, 3.8) is 0 Å². The predicted molar refractivity (Wildman–Crippen MR) is 270 cm³/mol. The van der Waals surface area contributed by atoms with Gasteiger partial charge in [0, 0.05) is 25.8 Å². The fraction of sp³-hybridized carbons (Fsp3) is 0.587. The monoisotopic (exact) mass is 1140 g/mol. The summed E-state index contributed by atoms with van der Waals surface area (Å²) in [6.07, 6.45) is -6.33. The van der Waals surface area contributed by atoms with Crippen molar-refractivity contribution in [3.8, 4) is 0 Å². The molecule has 34 heteroatoms. The second kappa shape index (κ2) is 34.0. The zero-order valence-electron chi connectivity index (χ0n) is 44.4. The third-order valence-electron chi connectivity index (χ3n) is 11.3. The quantitative estimate of drug-likeness (QED) is 0.00954. The number of ether oxygens (including phenoxy) is 1. The number of methoxy groups -OCH3 is 1. The molecular weight excluding hydrogens is 1070 g/mol. The molecule has 34 nitrogen and oxygen atoms in total. The van der Waals surface area contributed by atoms with Gasteiger partial charge in [0.05, 0.1) is 49.4 Å². The minimum absolute atomic E-state index is 0.155. The topological polar surface area (TPSA) is 555 Å². The maximum Gasteiger partial charge on any atom is 0.336 e. The summed E-state index contributed by atoms with van der Waals surface area (Å²) in [6.45, 7) is 4.78. The minimum Gasteiger partial charge on any atom is -0.481 e. The Kier molecular flexibility index (Phi) is 29.7. The van der Waals surface area contributed by atoms with Crippen LogP contribution in [-0.4, -0.2) is 215 Å². The lowest BCUT2D eigenvalue weighted by Crippen LogP contribution is -2.69. The molecule has 0 spiro atoms. The molecule has 80 heavy (non-hydrogen) atoms. The molecule has 1 aliphatic heterocycles. The van der Waals surface area contributed by atoms with E-state index >= 15 is 0 Å². The number of rotatable bonds is 33. The number of ketones is 4. The number of nitrogens with zero attached hydrogens (tertiary/aromatic N) is 1. The molecule has 0 bridgehead atoms. The average Bonchev–Trinajstić information content (AvgIpc) is 3.40. The summed E-state index contributed by atoms with van der Waals surface area (Å²) < 4.78 is 4.55. The lowest BCUT2D eigenvalue weighted by atomic mass is 9.99. The zero-order valence-corrected chi connectivity index (χ0v) is 44.4. The maximum atomic E-state index is 14.7. The van der Waals surface area contributed by atoms with Crippen molar-refractivity contribution in [1.29, 1.82) is 0 Å². The van der Waals surface area contributed by atoms with Crippen molar-refractivity contribution in [1.82, 2.24) is 52.8 Å². The van der Waals surface area contributed by atoms with Crippen LogP contribution in [0.4, 0.5) is 0 Å². The van der Waals surface area contributed by atoms with Gasteiger partial charge in [-0.25, -0.2) is 4.79 Å². The van der Waals surface area contributed by atoms with Crippen LogP contribution in [-0.2, 0) is 86.2 Å². The number of nitrogens with one attached hydrogen (secondary N) is 9. The third-order valence-corrected chi connectivity index (χ3v) is 11.3. The third kappa shape index (κ3) is 22.3. The van der Waals surface area contributed by atoms with Crippen LogP contribution in [0.5, 0.6) is 0 Å². The Hall–Kier alpha value is -8.15. The molecule has 0 aromatic rings. The molecule has 1 rings (SSSR count). The molecule has 0 aromatic carbocycles.